The van der Waals surface area contributed by atoms with Crippen molar-refractivity contribution in [2.24, 2.45) is 29.4 Å². The van der Waals surface area contributed by atoms with E-state index in [1.165, 1.54) is 4.88 Å². The van der Waals surface area contributed by atoms with Crippen LogP contribution in [0.3, 0.4) is 0 Å². The molecule has 0 radical (unpaired) electrons. The summed E-state index contributed by atoms with van der Waals surface area (Å²) in [6, 6.07) is 1.31. The van der Waals surface area contributed by atoms with Gasteiger partial charge >= 0.3 is 6.03 Å². The van der Waals surface area contributed by atoms with E-state index in [2.05, 4.69) is 41.2 Å². The number of urea groups is 1. The number of nitrogens with zero attached hydrogens (tertiary/aromatic N) is 1. The molecule has 1 aromatic heterocycles. The Kier molecular flexibility index (Phi) is 11.4. The van der Waals surface area contributed by atoms with Crippen molar-refractivity contribution in [2.45, 2.75) is 134 Å². The van der Waals surface area contributed by atoms with Crippen LogP contribution in [0, 0.1) is 23.7 Å². The van der Waals surface area contributed by atoms with Crippen LogP contribution in [0.4, 0.5) is 4.79 Å². The van der Waals surface area contributed by atoms with Crippen molar-refractivity contribution >= 4 is 40.9 Å². The fraction of sp³-hybridized carbons (Fsp3) is 0.743. The number of hydrogen-bond acceptors (Lipinski definition) is 6. The van der Waals surface area contributed by atoms with Crippen LogP contribution in [-0.4, -0.2) is 64.6 Å². The average Bonchev–Trinajstić information content (AvgIpc) is 3.49. The number of nitrogens with two attached hydrogens (primary N) is 1. The number of carbonyl (C=O) groups excluding carboxylic acids is 5. The number of likely N-dealkylation sites (tertiary alicyclic amines) is 1. The lowest BCUT2D eigenvalue weighted by Gasteiger charge is -2.40. The molecule has 2 heterocycles. The van der Waals surface area contributed by atoms with Crippen LogP contribution in [-0.2, 0) is 25.6 Å². The van der Waals surface area contributed by atoms with Gasteiger partial charge in [0, 0.05) is 23.4 Å². The normalized spacial score (nSPS) is 24.6. The van der Waals surface area contributed by atoms with Gasteiger partial charge in [0.05, 0.1) is 6.04 Å². The zero-order chi connectivity index (χ0) is 32.8. The van der Waals surface area contributed by atoms with Crippen molar-refractivity contribution in [3.63, 3.8) is 0 Å². The molecule has 3 saturated carbocycles. The lowest BCUT2D eigenvalue weighted by atomic mass is 9.79. The number of primary amides is 1. The van der Waals surface area contributed by atoms with Gasteiger partial charge in [-0.25, -0.2) is 4.79 Å². The molecule has 4 atom stereocenters. The van der Waals surface area contributed by atoms with E-state index < -0.39 is 35.7 Å². The van der Waals surface area contributed by atoms with Gasteiger partial charge in [0.15, 0.2) is 0 Å². The molecule has 1 saturated heterocycles. The van der Waals surface area contributed by atoms with Gasteiger partial charge in [-0.2, -0.15) is 0 Å². The number of hydrogen-bond donors (Lipinski definition) is 4. The molecular weight excluding hydrogens is 602 g/mol. The minimum absolute atomic E-state index is 0.0209. The SMILES string of the molecule is CC(C)[C@@H]1C[C@@H](C(=O)NC(CC2CC2)C(=O)C(N)=O)N(C(=O)[C@@H](NC(=O)NC2(Cc3cccs3)CCCCC2)C2CCCCC2)C1. The molecule has 1 aromatic rings. The van der Waals surface area contributed by atoms with Crippen LogP contribution in [0.1, 0.15) is 109 Å². The fourth-order valence-electron chi connectivity index (χ4n) is 7.97. The van der Waals surface area contributed by atoms with Crippen molar-refractivity contribution in [1.29, 1.82) is 0 Å². The number of Topliss-reactive ketones (excluding diaryl/α,β-unsaturated/α-hetero) is 1. The minimum Gasteiger partial charge on any atom is -0.363 e. The first kappa shape index (κ1) is 34.4. The summed E-state index contributed by atoms with van der Waals surface area (Å²) in [6.45, 7) is 4.57. The smallest absolute Gasteiger partial charge is 0.315 e. The Morgan fingerprint density at radius 3 is 2.26 bits per heavy atom. The van der Waals surface area contributed by atoms with Crippen LogP contribution >= 0.6 is 11.3 Å². The number of ketones is 1. The highest BCUT2D eigenvalue weighted by molar-refractivity contribution is 7.09. The first-order chi connectivity index (χ1) is 22.0. The lowest BCUT2D eigenvalue weighted by Crippen LogP contribution is -2.61. The highest BCUT2D eigenvalue weighted by Crippen LogP contribution is 2.36. The first-order valence-corrected chi connectivity index (χ1v) is 18.5. The Bertz CT molecular complexity index is 1240. The van der Waals surface area contributed by atoms with Gasteiger partial charge < -0.3 is 26.6 Å². The van der Waals surface area contributed by atoms with Crippen molar-refractivity contribution in [3.05, 3.63) is 22.4 Å². The van der Waals surface area contributed by atoms with Crippen LogP contribution in [0.25, 0.3) is 0 Å². The maximum absolute atomic E-state index is 14.6. The molecule has 10 nitrogen and oxygen atoms in total. The lowest BCUT2D eigenvalue weighted by molar-refractivity contribution is -0.143. The Hall–Kier alpha value is -2.95. The fourth-order valence-corrected chi connectivity index (χ4v) is 8.82. The second-order valence-corrected chi connectivity index (χ2v) is 15.8. The molecule has 1 aliphatic heterocycles. The summed E-state index contributed by atoms with van der Waals surface area (Å²) < 4.78 is 0. The highest BCUT2D eigenvalue weighted by Gasteiger charge is 2.46. The standard InChI is InChI=1S/C35H53N5O5S/c1-22(2)25-19-28(32(43)37-27(18-23-13-14-23)30(41)31(36)42)40(21-25)33(44)29(24-10-5-3-6-11-24)38-34(45)39-35(15-7-4-8-16-35)20-26-12-9-17-46-26/h9,12,17,22-25,27-29H,3-8,10-11,13-16,18-21H2,1-2H3,(H2,36,42)(H,37,43)(H2,38,39,45)/t25-,27?,28+,29+/m1/s1. The summed E-state index contributed by atoms with van der Waals surface area (Å²) in [7, 11) is 0. The van der Waals surface area contributed by atoms with Gasteiger partial charge in [0.1, 0.15) is 12.1 Å². The molecule has 4 aliphatic rings. The van der Waals surface area contributed by atoms with E-state index >= 15 is 0 Å². The number of thiophene rings is 1. The molecule has 5 amide bonds. The summed E-state index contributed by atoms with van der Waals surface area (Å²) >= 11 is 1.70. The molecule has 254 valence electrons. The number of nitrogens with one attached hydrogen (secondary N) is 3. The van der Waals surface area contributed by atoms with E-state index in [0.29, 0.717) is 19.4 Å². The molecule has 0 spiro atoms. The van der Waals surface area contributed by atoms with E-state index in [1.54, 1.807) is 16.2 Å². The zero-order valence-electron chi connectivity index (χ0n) is 27.6. The predicted octanol–water partition coefficient (Wildman–Crippen LogP) is 4.45. The minimum atomic E-state index is -1.06. The van der Waals surface area contributed by atoms with Crippen molar-refractivity contribution in [1.82, 2.24) is 20.9 Å². The van der Waals surface area contributed by atoms with Crippen molar-refractivity contribution in [2.75, 3.05) is 6.54 Å². The molecule has 0 aromatic carbocycles. The molecule has 46 heavy (non-hydrogen) atoms. The second-order valence-electron chi connectivity index (χ2n) is 14.8. The van der Waals surface area contributed by atoms with E-state index in [4.69, 9.17) is 5.73 Å². The zero-order valence-corrected chi connectivity index (χ0v) is 28.4. The van der Waals surface area contributed by atoms with Gasteiger partial charge in [-0.05, 0) is 73.6 Å². The monoisotopic (exact) mass is 655 g/mol. The molecule has 4 fully saturated rings. The summed E-state index contributed by atoms with van der Waals surface area (Å²) in [6.07, 6.45) is 13.4. The van der Waals surface area contributed by atoms with Gasteiger partial charge in [-0.1, -0.05) is 71.3 Å². The topological polar surface area (TPSA) is 151 Å². The van der Waals surface area contributed by atoms with E-state index in [0.717, 1.165) is 83.5 Å². The molecule has 0 bridgehead atoms. The quantitative estimate of drug-likeness (QED) is 0.232. The van der Waals surface area contributed by atoms with E-state index in [-0.39, 0.29) is 41.1 Å². The third kappa shape index (κ3) is 8.69. The highest BCUT2D eigenvalue weighted by atomic mass is 32.1. The maximum Gasteiger partial charge on any atom is 0.315 e. The van der Waals surface area contributed by atoms with Crippen molar-refractivity contribution < 1.29 is 24.0 Å². The van der Waals surface area contributed by atoms with Gasteiger partial charge in [-0.15, -0.1) is 11.3 Å². The molecule has 5 rings (SSSR count). The second kappa shape index (κ2) is 15.3. The van der Waals surface area contributed by atoms with Crippen LogP contribution in [0.15, 0.2) is 17.5 Å². The predicted molar refractivity (Wildman–Crippen MR) is 178 cm³/mol. The van der Waals surface area contributed by atoms with Crippen molar-refractivity contribution in [3.8, 4) is 0 Å². The van der Waals surface area contributed by atoms with Crippen LogP contribution in [0.2, 0.25) is 0 Å². The third-order valence-electron chi connectivity index (χ3n) is 11.0. The Morgan fingerprint density at radius 1 is 0.957 bits per heavy atom. The Morgan fingerprint density at radius 2 is 1.65 bits per heavy atom. The maximum atomic E-state index is 14.6. The van der Waals surface area contributed by atoms with E-state index in [1.807, 2.05) is 6.07 Å². The van der Waals surface area contributed by atoms with Crippen LogP contribution in [0.5, 0.6) is 0 Å². The first-order valence-electron chi connectivity index (χ1n) is 17.6. The Balaban J connectivity index is 1.35. The average molecular weight is 656 g/mol. The molecule has 11 heteroatoms. The van der Waals surface area contributed by atoms with Gasteiger partial charge in [0.25, 0.3) is 5.91 Å². The van der Waals surface area contributed by atoms with Gasteiger partial charge in [0.2, 0.25) is 17.6 Å². The summed E-state index contributed by atoms with van der Waals surface area (Å²) in [5, 5.41) is 11.4. The molecule has 5 N–H and O–H groups in total. The molecule has 3 aliphatic carbocycles. The summed E-state index contributed by atoms with van der Waals surface area (Å²) in [4.78, 5) is 69.6. The Labute approximate surface area is 277 Å². The van der Waals surface area contributed by atoms with E-state index in [9.17, 15) is 24.0 Å². The van der Waals surface area contributed by atoms with Gasteiger partial charge in [-0.3, -0.25) is 19.2 Å². The third-order valence-corrected chi connectivity index (χ3v) is 11.8. The summed E-state index contributed by atoms with van der Waals surface area (Å²) in [5.41, 5.74) is 4.98. The van der Waals surface area contributed by atoms with Crippen LogP contribution < -0.4 is 21.7 Å². The summed E-state index contributed by atoms with van der Waals surface area (Å²) in [5.74, 6) is -1.94. The number of rotatable bonds is 13. The number of carbonyl (C=O) groups is 5. The largest absolute Gasteiger partial charge is 0.363 e. The molecular formula is C35H53N5O5S. The number of amides is 5. The molecule has 1 unspecified atom stereocenters.